The second-order valence-electron chi connectivity index (χ2n) is 37.8. The van der Waals surface area contributed by atoms with Crippen molar-refractivity contribution in [3.63, 3.8) is 0 Å². The van der Waals surface area contributed by atoms with Gasteiger partial charge in [0.05, 0.1) is 0 Å². The molecule has 0 heteroatoms. The monoisotopic (exact) mass is 1500 g/mol. The Kier molecular flexibility index (Phi) is 94.4. The molecule has 0 aromatic rings. The van der Waals surface area contributed by atoms with Crippen molar-refractivity contribution in [3.8, 4) is 0 Å². The van der Waals surface area contributed by atoms with Crippen LogP contribution in [0.5, 0.6) is 0 Å². The highest BCUT2D eigenvalue weighted by Gasteiger charge is 2.25. The highest BCUT2D eigenvalue weighted by molar-refractivity contribution is 4.78. The van der Waals surface area contributed by atoms with Gasteiger partial charge in [0.1, 0.15) is 0 Å². The highest BCUT2D eigenvalue weighted by Crippen LogP contribution is 2.39. The van der Waals surface area contributed by atoms with Gasteiger partial charge in [0, 0.05) is 0 Å². The Morgan fingerprint density at radius 1 is 0.0943 bits per heavy atom. The van der Waals surface area contributed by atoms with Crippen LogP contribution < -0.4 is 0 Å². The van der Waals surface area contributed by atoms with Crippen molar-refractivity contribution in [2.75, 3.05) is 0 Å². The maximum atomic E-state index is 2.45. The molecule has 11 saturated carbocycles. The summed E-state index contributed by atoms with van der Waals surface area (Å²) in [4.78, 5) is 0. The minimum atomic E-state index is 0. The lowest BCUT2D eigenvalue weighted by Gasteiger charge is -2.31. The lowest BCUT2D eigenvalue weighted by atomic mass is 9.75. The minimum absolute atomic E-state index is 0. The highest BCUT2D eigenvalue weighted by atomic mass is 14.3. The maximum absolute atomic E-state index is 2.45. The second kappa shape index (κ2) is 87.4. The van der Waals surface area contributed by atoms with E-state index >= 15 is 0 Å². The Balaban J connectivity index is -0.000000361. The van der Waals surface area contributed by atoms with Crippen molar-refractivity contribution in [1.29, 1.82) is 0 Å². The third kappa shape index (κ3) is 74.1. The Hall–Kier alpha value is 0. The zero-order valence-corrected chi connectivity index (χ0v) is 73.5. The van der Waals surface area contributed by atoms with Crippen LogP contribution in [0.4, 0.5) is 0 Å². The number of hydrogen-bond donors (Lipinski definition) is 0. The molecule has 0 bridgehead atoms. The van der Waals surface area contributed by atoms with Gasteiger partial charge in [-0.2, -0.15) is 0 Å². The summed E-state index contributed by atoms with van der Waals surface area (Å²) in [5.41, 5.74) is 0. The fourth-order valence-electron chi connectivity index (χ4n) is 20.0. The van der Waals surface area contributed by atoms with Gasteiger partial charge < -0.3 is 0 Å². The van der Waals surface area contributed by atoms with Gasteiger partial charge in [-0.3, -0.25) is 0 Å². The van der Waals surface area contributed by atoms with E-state index in [2.05, 4.69) is 62.3 Å². The SMILES string of the molecule is C.C.C.C.C.CC.CC.CC1CCCC(C2CCCCCCC2)CCC1.CC1CCCC(C2CCCCCCC2)CCC1.CC1CCCCCCC1.CC1CCCCCCC1.CC1CCCCCCC1.CC1CCCCCCC1.CC1CCCCCCC1.CC1CCCCCCC1.CC1CCCCCCC1. The lowest BCUT2D eigenvalue weighted by Crippen LogP contribution is -2.18. The molecule has 11 rings (SSSR count). The van der Waals surface area contributed by atoms with E-state index in [4.69, 9.17) is 0 Å². The van der Waals surface area contributed by atoms with E-state index in [-0.39, 0.29) is 37.1 Å². The summed E-state index contributed by atoms with van der Waals surface area (Å²) in [7, 11) is 0. The molecule has 0 aromatic heterocycles. The zero-order valence-electron chi connectivity index (χ0n) is 73.5. The van der Waals surface area contributed by atoms with Crippen LogP contribution in [0.15, 0.2) is 0 Å². The molecule has 646 valence electrons. The fraction of sp³-hybridized carbons (Fsp3) is 1.00. The Morgan fingerprint density at radius 3 is 0.264 bits per heavy atom. The molecule has 11 fully saturated rings. The average molecular weight is 1500 g/mol. The number of hydrogen-bond acceptors (Lipinski definition) is 0. The standard InChI is InChI=1S/2C17H32.7C9H18.2C2H6.5CH4/c2*1-15-9-7-13-17(14-8-10-15)16-11-5-3-2-4-6-12-16;7*1-9-7-5-3-2-4-6-8-9;2*1-2;;;;;/h2*15-17H,2-14H2,1H3;7*9H,2-8H2,1H3;2*1-2H3;5*1H4. The van der Waals surface area contributed by atoms with Crippen LogP contribution >= 0.6 is 0 Å². The van der Waals surface area contributed by atoms with Crippen LogP contribution in [0, 0.1) is 76.9 Å². The predicted molar refractivity (Wildman–Crippen MR) is 499 cm³/mol. The van der Waals surface area contributed by atoms with Crippen molar-refractivity contribution in [2.45, 2.75) is 609 Å². The summed E-state index contributed by atoms with van der Waals surface area (Å²) in [6.07, 6.45) is 113. The predicted octanol–water partition coefficient (Wildman–Crippen LogP) is 40.7. The quantitative estimate of drug-likeness (QED) is 0.259. The first-order valence-corrected chi connectivity index (χ1v) is 49.5. The van der Waals surface area contributed by atoms with Gasteiger partial charge in [0.15, 0.2) is 0 Å². The molecule has 0 unspecified atom stereocenters. The smallest absolute Gasteiger partial charge is 0.0386 e. The molecule has 0 aliphatic heterocycles. The first-order chi connectivity index (χ1) is 49.5. The fourth-order valence-corrected chi connectivity index (χ4v) is 20.0. The van der Waals surface area contributed by atoms with Gasteiger partial charge in [-0.05, 0) is 76.9 Å². The summed E-state index contributed by atoms with van der Waals surface area (Å²) < 4.78 is 0. The molecule has 0 amide bonds. The van der Waals surface area contributed by atoms with Crippen molar-refractivity contribution < 1.29 is 0 Å². The van der Waals surface area contributed by atoms with Gasteiger partial charge in [-0.15, -0.1) is 0 Å². The Bertz CT molecular complexity index is 1230. The molecule has 0 radical (unpaired) electrons. The van der Waals surface area contributed by atoms with Gasteiger partial charge >= 0.3 is 0 Å². The molecule has 0 spiro atoms. The molecule has 106 heavy (non-hydrogen) atoms. The van der Waals surface area contributed by atoms with Crippen molar-refractivity contribution in [1.82, 2.24) is 0 Å². The van der Waals surface area contributed by atoms with Gasteiger partial charge in [-0.25, -0.2) is 0 Å². The average Bonchev–Trinajstić information content (AvgIpc) is 0.903. The lowest BCUT2D eigenvalue weighted by molar-refractivity contribution is 0.210. The minimum Gasteiger partial charge on any atom is -0.0776 e. The topological polar surface area (TPSA) is 0 Å². The summed E-state index contributed by atoms with van der Waals surface area (Å²) in [5.74, 6) is 13.5. The van der Waals surface area contributed by atoms with E-state index in [9.17, 15) is 0 Å². The molecule has 0 saturated heterocycles. The zero-order chi connectivity index (χ0) is 73.5. The molecular formula is C106H222. The molecule has 0 atom stereocenters. The number of rotatable bonds is 2. The molecular weight excluding hydrogens is 1270 g/mol. The molecule has 0 heterocycles. The van der Waals surface area contributed by atoms with Crippen molar-refractivity contribution in [2.24, 2.45) is 76.9 Å². The van der Waals surface area contributed by atoms with E-state index in [0.29, 0.717) is 0 Å². The second-order valence-corrected chi connectivity index (χ2v) is 37.8. The third-order valence-corrected chi connectivity index (χ3v) is 27.5. The summed E-state index contributed by atoms with van der Waals surface area (Å²) >= 11 is 0. The van der Waals surface area contributed by atoms with Crippen molar-refractivity contribution >= 4 is 0 Å². The maximum Gasteiger partial charge on any atom is -0.0386 e. The molecule has 0 N–H and O–H groups in total. The summed E-state index contributed by atoms with van der Waals surface area (Å²) in [5, 5.41) is 0. The third-order valence-electron chi connectivity index (χ3n) is 27.5. The van der Waals surface area contributed by atoms with Crippen LogP contribution in [0.3, 0.4) is 0 Å². The summed E-state index contributed by atoms with van der Waals surface area (Å²) in [6, 6.07) is 0. The van der Waals surface area contributed by atoms with Crippen LogP contribution in [0.25, 0.3) is 0 Å². The van der Waals surface area contributed by atoms with Crippen LogP contribution in [-0.2, 0) is 0 Å². The molecule has 0 nitrogen and oxygen atoms in total. The van der Waals surface area contributed by atoms with E-state index in [1.54, 1.807) is 51.4 Å². The first kappa shape index (κ1) is 115. The molecule has 11 aliphatic rings. The van der Waals surface area contributed by atoms with E-state index < -0.39 is 0 Å². The summed E-state index contributed by atoms with van der Waals surface area (Å²) in [6.45, 7) is 29.7. The Labute approximate surface area is 681 Å². The van der Waals surface area contributed by atoms with Crippen LogP contribution in [-0.4, -0.2) is 0 Å². The van der Waals surface area contributed by atoms with Gasteiger partial charge in [-0.1, -0.05) is 609 Å². The normalized spacial score (nSPS) is 26.0. The van der Waals surface area contributed by atoms with Crippen molar-refractivity contribution in [3.05, 3.63) is 0 Å². The van der Waals surface area contributed by atoms with Gasteiger partial charge in [0.25, 0.3) is 0 Å². The first-order valence-electron chi connectivity index (χ1n) is 49.5. The Morgan fingerprint density at radius 2 is 0.160 bits per heavy atom. The van der Waals surface area contributed by atoms with E-state index in [0.717, 1.165) is 76.9 Å². The molecule has 0 aromatic carbocycles. The van der Waals surface area contributed by atoms with Crippen LogP contribution in [0.2, 0.25) is 0 Å². The van der Waals surface area contributed by atoms with Gasteiger partial charge in [0.2, 0.25) is 0 Å². The molecule has 11 aliphatic carbocycles. The van der Waals surface area contributed by atoms with Crippen LogP contribution in [0.1, 0.15) is 609 Å². The van der Waals surface area contributed by atoms with E-state index in [1.165, 1.54) is 430 Å². The largest absolute Gasteiger partial charge is 0.0776 e. The van der Waals surface area contributed by atoms with E-state index in [1.807, 2.05) is 27.7 Å².